The van der Waals surface area contributed by atoms with E-state index in [2.05, 4.69) is 24.4 Å². The molecular weight excluding hydrogens is 200 g/mol. The molecule has 0 saturated heterocycles. The Labute approximate surface area is 98.1 Å². The third-order valence-corrected chi connectivity index (χ3v) is 2.54. The predicted octanol–water partition coefficient (Wildman–Crippen LogP) is 1.26. The standard InChI is InChI=1S/C13H22N2O/c1-11(12-7-5-4-6-8-12)14-9-13(16)10-15(2)3/h4-8,11,13-14,16H,9-10H2,1-3H3. The normalized spacial score (nSPS) is 15.1. The van der Waals surface area contributed by atoms with E-state index in [0.717, 1.165) is 0 Å². The molecule has 0 spiro atoms. The zero-order valence-electron chi connectivity index (χ0n) is 10.4. The molecule has 3 nitrogen and oxygen atoms in total. The Morgan fingerprint density at radius 1 is 1.25 bits per heavy atom. The van der Waals surface area contributed by atoms with Crippen LogP contribution < -0.4 is 5.32 Å². The molecule has 0 saturated carbocycles. The van der Waals surface area contributed by atoms with E-state index in [0.29, 0.717) is 13.1 Å². The number of hydrogen-bond donors (Lipinski definition) is 2. The van der Waals surface area contributed by atoms with Crippen LogP contribution in [0.15, 0.2) is 30.3 Å². The maximum atomic E-state index is 9.71. The third-order valence-electron chi connectivity index (χ3n) is 2.54. The summed E-state index contributed by atoms with van der Waals surface area (Å²) in [6.07, 6.45) is -0.318. The Morgan fingerprint density at radius 2 is 1.88 bits per heavy atom. The molecule has 2 atom stereocenters. The minimum Gasteiger partial charge on any atom is -0.390 e. The fourth-order valence-corrected chi connectivity index (χ4v) is 1.66. The minimum atomic E-state index is -0.318. The largest absolute Gasteiger partial charge is 0.390 e. The average Bonchev–Trinajstić information content (AvgIpc) is 2.26. The van der Waals surface area contributed by atoms with Crippen LogP contribution in [0.25, 0.3) is 0 Å². The lowest BCUT2D eigenvalue weighted by atomic mass is 10.1. The van der Waals surface area contributed by atoms with Gasteiger partial charge in [-0.3, -0.25) is 0 Å². The van der Waals surface area contributed by atoms with Gasteiger partial charge >= 0.3 is 0 Å². The van der Waals surface area contributed by atoms with Gasteiger partial charge in [-0.1, -0.05) is 30.3 Å². The Kier molecular flexibility index (Phi) is 5.46. The number of hydrogen-bond acceptors (Lipinski definition) is 3. The van der Waals surface area contributed by atoms with Crippen molar-refractivity contribution >= 4 is 0 Å². The highest BCUT2D eigenvalue weighted by Gasteiger charge is 2.08. The van der Waals surface area contributed by atoms with Gasteiger partial charge in [-0.25, -0.2) is 0 Å². The first kappa shape index (κ1) is 13.2. The van der Waals surface area contributed by atoms with Crippen molar-refractivity contribution in [3.05, 3.63) is 35.9 Å². The average molecular weight is 222 g/mol. The van der Waals surface area contributed by atoms with Gasteiger partial charge in [-0.05, 0) is 26.6 Å². The van der Waals surface area contributed by atoms with Crippen LogP contribution in [0, 0.1) is 0 Å². The first-order valence-electron chi connectivity index (χ1n) is 5.70. The number of benzene rings is 1. The van der Waals surface area contributed by atoms with Crippen LogP contribution in [0.1, 0.15) is 18.5 Å². The minimum absolute atomic E-state index is 0.276. The van der Waals surface area contributed by atoms with Crippen molar-refractivity contribution in [3.8, 4) is 0 Å². The number of aliphatic hydroxyl groups is 1. The van der Waals surface area contributed by atoms with Gasteiger partial charge in [0, 0.05) is 19.1 Å². The summed E-state index contributed by atoms with van der Waals surface area (Å²) in [6.45, 7) is 3.42. The first-order valence-corrected chi connectivity index (χ1v) is 5.70. The third kappa shape index (κ3) is 4.75. The number of nitrogens with zero attached hydrogens (tertiary/aromatic N) is 1. The molecule has 16 heavy (non-hydrogen) atoms. The zero-order chi connectivity index (χ0) is 12.0. The van der Waals surface area contributed by atoms with E-state index < -0.39 is 0 Å². The highest BCUT2D eigenvalue weighted by molar-refractivity contribution is 5.17. The SMILES string of the molecule is CC(NCC(O)CN(C)C)c1ccccc1. The van der Waals surface area contributed by atoms with Gasteiger partial charge in [0.15, 0.2) is 0 Å². The van der Waals surface area contributed by atoms with E-state index in [-0.39, 0.29) is 12.1 Å². The molecule has 2 N–H and O–H groups in total. The van der Waals surface area contributed by atoms with E-state index >= 15 is 0 Å². The Balaban J connectivity index is 2.33. The van der Waals surface area contributed by atoms with Gasteiger partial charge in [0.05, 0.1) is 6.10 Å². The van der Waals surface area contributed by atoms with Crippen molar-refractivity contribution in [1.29, 1.82) is 0 Å². The van der Waals surface area contributed by atoms with Crippen LogP contribution in [-0.4, -0.2) is 43.3 Å². The fraction of sp³-hybridized carbons (Fsp3) is 0.538. The summed E-state index contributed by atoms with van der Waals surface area (Å²) >= 11 is 0. The Bertz CT molecular complexity index is 287. The molecule has 3 heteroatoms. The van der Waals surface area contributed by atoms with Crippen LogP contribution in [0.3, 0.4) is 0 Å². The second-order valence-corrected chi connectivity index (χ2v) is 4.46. The molecule has 1 aromatic rings. The molecule has 0 aliphatic rings. The quantitative estimate of drug-likeness (QED) is 0.760. The van der Waals surface area contributed by atoms with Crippen LogP contribution in [-0.2, 0) is 0 Å². The topological polar surface area (TPSA) is 35.5 Å². The summed E-state index contributed by atoms with van der Waals surface area (Å²) in [6, 6.07) is 10.5. The Morgan fingerprint density at radius 3 is 2.44 bits per heavy atom. The van der Waals surface area contributed by atoms with Gasteiger partial charge < -0.3 is 15.3 Å². The van der Waals surface area contributed by atoms with Crippen molar-refractivity contribution in [2.24, 2.45) is 0 Å². The van der Waals surface area contributed by atoms with Gasteiger partial charge in [-0.15, -0.1) is 0 Å². The molecule has 0 bridgehead atoms. The molecule has 0 radical (unpaired) electrons. The summed E-state index contributed by atoms with van der Waals surface area (Å²) < 4.78 is 0. The molecule has 2 unspecified atom stereocenters. The second-order valence-electron chi connectivity index (χ2n) is 4.46. The van der Waals surface area contributed by atoms with Crippen LogP contribution in [0.2, 0.25) is 0 Å². The van der Waals surface area contributed by atoms with Crippen LogP contribution >= 0.6 is 0 Å². The van der Waals surface area contributed by atoms with Gasteiger partial charge in [0.1, 0.15) is 0 Å². The Hall–Kier alpha value is -0.900. The van der Waals surface area contributed by atoms with Gasteiger partial charge in [0.25, 0.3) is 0 Å². The van der Waals surface area contributed by atoms with Gasteiger partial charge in [-0.2, -0.15) is 0 Å². The fourth-order valence-electron chi connectivity index (χ4n) is 1.66. The molecule has 0 heterocycles. The molecule has 0 aliphatic heterocycles. The van der Waals surface area contributed by atoms with Crippen molar-refractivity contribution in [1.82, 2.24) is 10.2 Å². The summed E-state index contributed by atoms with van der Waals surface area (Å²) in [5, 5.41) is 13.0. The zero-order valence-corrected chi connectivity index (χ0v) is 10.4. The molecule has 1 aromatic carbocycles. The first-order chi connectivity index (χ1) is 7.59. The molecule has 1 rings (SSSR count). The smallest absolute Gasteiger partial charge is 0.0791 e. The second kappa shape index (κ2) is 6.63. The maximum Gasteiger partial charge on any atom is 0.0791 e. The molecule has 0 aliphatic carbocycles. The molecule has 0 aromatic heterocycles. The highest BCUT2D eigenvalue weighted by atomic mass is 16.3. The number of aliphatic hydroxyl groups excluding tert-OH is 1. The molecule has 0 fully saturated rings. The van der Waals surface area contributed by atoms with E-state index in [1.807, 2.05) is 37.2 Å². The van der Waals surface area contributed by atoms with Crippen LogP contribution in [0.5, 0.6) is 0 Å². The lowest BCUT2D eigenvalue weighted by Gasteiger charge is -2.19. The number of nitrogens with one attached hydrogen (secondary N) is 1. The van der Waals surface area contributed by atoms with Gasteiger partial charge in [0.2, 0.25) is 0 Å². The van der Waals surface area contributed by atoms with E-state index in [4.69, 9.17) is 0 Å². The van der Waals surface area contributed by atoms with E-state index in [1.165, 1.54) is 5.56 Å². The predicted molar refractivity (Wildman–Crippen MR) is 67.4 cm³/mol. The summed E-state index contributed by atoms with van der Waals surface area (Å²) in [5.41, 5.74) is 1.25. The number of rotatable bonds is 6. The van der Waals surface area contributed by atoms with Crippen molar-refractivity contribution in [3.63, 3.8) is 0 Å². The summed E-state index contributed by atoms with van der Waals surface area (Å²) in [7, 11) is 3.92. The van der Waals surface area contributed by atoms with E-state index in [1.54, 1.807) is 0 Å². The molecular formula is C13H22N2O. The van der Waals surface area contributed by atoms with Crippen LogP contribution in [0.4, 0.5) is 0 Å². The monoisotopic (exact) mass is 222 g/mol. The lowest BCUT2D eigenvalue weighted by molar-refractivity contribution is 0.132. The van der Waals surface area contributed by atoms with Crippen molar-refractivity contribution in [2.45, 2.75) is 19.1 Å². The molecule has 0 amide bonds. The summed E-state index contributed by atoms with van der Waals surface area (Å²) in [4.78, 5) is 1.99. The lowest BCUT2D eigenvalue weighted by Crippen LogP contribution is -2.36. The molecule has 90 valence electrons. The van der Waals surface area contributed by atoms with Crippen molar-refractivity contribution in [2.75, 3.05) is 27.2 Å². The highest BCUT2D eigenvalue weighted by Crippen LogP contribution is 2.10. The maximum absolute atomic E-state index is 9.71. The number of likely N-dealkylation sites (N-methyl/N-ethyl adjacent to an activating group) is 1. The summed E-state index contributed by atoms with van der Waals surface area (Å²) in [5.74, 6) is 0. The van der Waals surface area contributed by atoms with Crippen molar-refractivity contribution < 1.29 is 5.11 Å². The van der Waals surface area contributed by atoms with E-state index in [9.17, 15) is 5.11 Å².